The van der Waals surface area contributed by atoms with E-state index in [9.17, 15) is 79.0 Å². The lowest BCUT2D eigenvalue weighted by Gasteiger charge is -2.39. The van der Waals surface area contributed by atoms with Crippen LogP contribution in [0.4, 0.5) is 79.0 Å². The van der Waals surface area contributed by atoms with Gasteiger partial charge in [0.25, 0.3) is 0 Å². The summed E-state index contributed by atoms with van der Waals surface area (Å²) in [6.07, 6.45) is -26.5. The maximum absolute atomic E-state index is 12.6. The second-order valence-corrected chi connectivity index (χ2v) is 19.2. The molecule has 366 valence electrons. The summed E-state index contributed by atoms with van der Waals surface area (Å²) in [5.41, 5.74) is -10.7. The predicted octanol–water partition coefficient (Wildman–Crippen LogP) is 19.1. The van der Waals surface area contributed by atoms with Gasteiger partial charge in [0, 0.05) is 0 Å². The van der Waals surface area contributed by atoms with Gasteiger partial charge in [-0.15, -0.1) is 0 Å². The van der Waals surface area contributed by atoms with Crippen molar-refractivity contribution in [1.82, 2.24) is 0 Å². The highest BCUT2D eigenvalue weighted by Gasteiger charge is 2.69. The first-order chi connectivity index (χ1) is 26.4. The minimum Gasteiger partial charge on any atom is -0.170 e. The Hall–Kier alpha value is -1.26. The van der Waals surface area contributed by atoms with Crippen LogP contribution in [-0.4, -0.2) is 37.1 Å². The zero-order valence-corrected chi connectivity index (χ0v) is 37.4. The lowest BCUT2D eigenvalue weighted by molar-refractivity contribution is -0.341. The van der Waals surface area contributed by atoms with Crippen LogP contribution in [0.3, 0.4) is 0 Å². The summed E-state index contributed by atoms with van der Waals surface area (Å²) >= 11 is 0. The Morgan fingerprint density at radius 2 is 0.417 bits per heavy atom. The second-order valence-electron chi connectivity index (χ2n) is 19.2. The van der Waals surface area contributed by atoms with Gasteiger partial charge < -0.3 is 0 Å². The molecule has 0 radical (unpaired) electrons. The summed E-state index contributed by atoms with van der Waals surface area (Å²) in [6, 6.07) is 0. The van der Waals surface area contributed by atoms with Crippen molar-refractivity contribution in [3.8, 4) is 0 Å². The number of halogens is 18. The Morgan fingerprint density at radius 3 is 0.533 bits per heavy atom. The fraction of sp³-hybridized carbons (Fsp3) is 1.00. The molecule has 3 saturated carbocycles. The zero-order chi connectivity index (χ0) is 48.6. The fourth-order valence-corrected chi connectivity index (χ4v) is 6.21. The van der Waals surface area contributed by atoms with Crippen LogP contribution in [0.15, 0.2) is 0 Å². The van der Waals surface area contributed by atoms with Gasteiger partial charge in [0.1, 0.15) is 0 Å². The van der Waals surface area contributed by atoms with Crippen molar-refractivity contribution in [2.75, 3.05) is 0 Å². The third-order valence-electron chi connectivity index (χ3n) is 10.3. The molecule has 0 bridgehead atoms. The molecule has 0 aromatic rings. The lowest BCUT2D eigenvalue weighted by atomic mass is 9.72. The van der Waals surface area contributed by atoms with Gasteiger partial charge in [0.15, 0.2) is 16.2 Å². The highest BCUT2D eigenvalue weighted by Crippen LogP contribution is 2.57. The lowest BCUT2D eigenvalue weighted by Crippen LogP contribution is -2.49. The topological polar surface area (TPSA) is 0 Å². The molecule has 0 heterocycles. The van der Waals surface area contributed by atoms with Crippen LogP contribution in [0.1, 0.15) is 179 Å². The van der Waals surface area contributed by atoms with Gasteiger partial charge in [0.05, 0.1) is 0 Å². The molecular weight excluding hydrogens is 846 g/mol. The summed E-state index contributed by atoms with van der Waals surface area (Å²) < 4.78 is 225. The summed E-state index contributed by atoms with van der Waals surface area (Å²) in [7, 11) is 0. The Bertz CT molecular complexity index is 1020. The van der Waals surface area contributed by atoms with Crippen molar-refractivity contribution in [2.24, 2.45) is 51.8 Å². The van der Waals surface area contributed by atoms with E-state index >= 15 is 0 Å². The monoisotopic (exact) mass is 919 g/mol. The van der Waals surface area contributed by atoms with Crippen LogP contribution in [0, 0.1) is 51.8 Å². The van der Waals surface area contributed by atoms with Crippen molar-refractivity contribution in [3.63, 3.8) is 0 Å². The minimum absolute atomic E-state index is 0.255. The standard InChI is InChI=1S/C11H16F6.C10H14F6.C9H12F6.3C4H10/c1-9(10(12,13)14,11(15,16)17)7-8-5-3-2-4-6-8;1-8(9(11,12)13,10(14,15)16)6-7-4-2-3-5-7;1-7(8(10,11)12,9(13,14)15)5-6-3-2-4-6;3*1-4(2)3/h8H,2-7H2,1H3;7H,2-6H2,1H3;6H,2-5H2,1H3;3*4H,1-3H3. The van der Waals surface area contributed by atoms with Crippen molar-refractivity contribution in [2.45, 2.75) is 216 Å². The van der Waals surface area contributed by atoms with Crippen LogP contribution in [0.25, 0.3) is 0 Å². The molecule has 18 heteroatoms. The molecule has 0 saturated heterocycles. The predicted molar refractivity (Wildman–Crippen MR) is 202 cm³/mol. The Kier molecular flexibility index (Phi) is 26.6. The highest BCUT2D eigenvalue weighted by atomic mass is 19.4. The largest absolute Gasteiger partial charge is 0.402 e. The quantitative estimate of drug-likeness (QED) is 0.233. The average Bonchev–Trinajstić information content (AvgIpc) is 3.49. The molecule has 0 atom stereocenters. The van der Waals surface area contributed by atoms with E-state index in [1.807, 2.05) is 0 Å². The van der Waals surface area contributed by atoms with Crippen LogP contribution in [0.5, 0.6) is 0 Å². The molecule has 0 aliphatic heterocycles. The minimum atomic E-state index is -5.23. The van der Waals surface area contributed by atoms with E-state index in [0.717, 1.165) is 56.3 Å². The molecule has 0 N–H and O–H groups in total. The van der Waals surface area contributed by atoms with E-state index in [2.05, 4.69) is 62.3 Å². The first-order valence-electron chi connectivity index (χ1n) is 20.8. The second kappa shape index (κ2) is 25.3. The summed E-state index contributed by atoms with van der Waals surface area (Å²) in [4.78, 5) is 0. The molecule has 0 aromatic carbocycles. The molecule has 3 fully saturated rings. The van der Waals surface area contributed by atoms with Gasteiger partial charge >= 0.3 is 37.1 Å². The summed E-state index contributed by atoms with van der Waals surface area (Å²) in [6.45, 7) is 20.3. The van der Waals surface area contributed by atoms with Crippen molar-refractivity contribution in [3.05, 3.63) is 0 Å². The molecule has 3 aliphatic rings. The molecule has 60 heavy (non-hydrogen) atoms. The molecule has 0 nitrogen and oxygen atoms in total. The number of alkyl halides is 18. The maximum atomic E-state index is 12.6. The van der Waals surface area contributed by atoms with Crippen molar-refractivity contribution in [1.29, 1.82) is 0 Å². The maximum Gasteiger partial charge on any atom is 0.402 e. The molecule has 3 rings (SSSR count). The molecule has 0 aromatic heterocycles. The molecule has 3 aliphatic carbocycles. The Balaban J connectivity index is -0.000000714. The fourth-order valence-electron chi connectivity index (χ4n) is 6.21. The van der Waals surface area contributed by atoms with Crippen LogP contribution in [0.2, 0.25) is 0 Å². The summed E-state index contributed by atoms with van der Waals surface area (Å²) in [5.74, 6) is 1.16. The van der Waals surface area contributed by atoms with E-state index in [1.165, 1.54) is 0 Å². The van der Waals surface area contributed by atoms with E-state index in [4.69, 9.17) is 0 Å². The summed E-state index contributed by atoms with van der Waals surface area (Å²) in [5, 5.41) is 0. The molecule has 0 spiro atoms. The van der Waals surface area contributed by atoms with E-state index < -0.39 is 90.3 Å². The Morgan fingerprint density at radius 1 is 0.283 bits per heavy atom. The average molecular weight is 919 g/mol. The van der Waals surface area contributed by atoms with Gasteiger partial charge in [-0.1, -0.05) is 139 Å². The van der Waals surface area contributed by atoms with Gasteiger partial charge in [0.2, 0.25) is 0 Å². The van der Waals surface area contributed by atoms with E-state index in [-0.39, 0.29) is 20.8 Å². The number of rotatable bonds is 6. The van der Waals surface area contributed by atoms with E-state index in [0.29, 0.717) is 38.5 Å². The molecule has 0 amide bonds. The van der Waals surface area contributed by atoms with E-state index in [1.54, 1.807) is 0 Å². The smallest absolute Gasteiger partial charge is 0.170 e. The third kappa shape index (κ3) is 22.4. The first kappa shape index (κ1) is 63.0. The van der Waals surface area contributed by atoms with Gasteiger partial charge in [-0.25, -0.2) is 0 Å². The van der Waals surface area contributed by atoms with Crippen molar-refractivity contribution >= 4 is 0 Å². The van der Waals surface area contributed by atoms with Gasteiger partial charge in [-0.05, 0) is 75.5 Å². The van der Waals surface area contributed by atoms with Crippen molar-refractivity contribution < 1.29 is 79.0 Å². The number of hydrogen-bond donors (Lipinski definition) is 0. The van der Waals surface area contributed by atoms with Crippen LogP contribution in [-0.2, 0) is 0 Å². The molecular formula is C42H72F18. The highest BCUT2D eigenvalue weighted by molar-refractivity contribution is 4.94. The zero-order valence-electron chi connectivity index (χ0n) is 37.4. The third-order valence-corrected chi connectivity index (χ3v) is 10.3. The molecule has 0 unspecified atom stereocenters. The van der Waals surface area contributed by atoms with Gasteiger partial charge in [-0.3, -0.25) is 0 Å². The SMILES string of the molecule is CC(C)C.CC(C)C.CC(C)C.CC(CC1CCC1)(C(F)(F)F)C(F)(F)F.CC(CC1CCCC1)(C(F)(F)F)C(F)(F)F.CC(CC1CCCCC1)(C(F)(F)F)C(F)(F)F. The number of hydrogen-bond acceptors (Lipinski definition) is 0. The van der Waals surface area contributed by atoms with Gasteiger partial charge in [-0.2, -0.15) is 79.0 Å². The normalized spacial score (nSPS) is 18.1. The first-order valence-corrected chi connectivity index (χ1v) is 20.8. The van der Waals surface area contributed by atoms with Crippen LogP contribution >= 0.6 is 0 Å². The Labute approximate surface area is 347 Å². The van der Waals surface area contributed by atoms with Crippen LogP contribution < -0.4 is 0 Å².